The molecule has 0 amide bonds. The Morgan fingerprint density at radius 1 is 0.818 bits per heavy atom. The number of rotatable bonds is 9. The highest BCUT2D eigenvalue weighted by Crippen LogP contribution is 2.34. The highest BCUT2D eigenvalue weighted by molar-refractivity contribution is 5.90. The Bertz CT molecular complexity index is 1230. The number of carboxylic acids is 1. The number of aromatic carboxylic acids is 1. The molecular weight excluding hydrogens is 418 g/mol. The first-order valence-corrected chi connectivity index (χ1v) is 10.4. The van der Waals surface area contributed by atoms with Crippen molar-refractivity contribution in [1.82, 2.24) is 4.98 Å². The average Bonchev–Trinajstić information content (AvgIpc) is 2.87. The Morgan fingerprint density at radius 3 is 2.06 bits per heavy atom. The second kappa shape index (κ2) is 10.3. The van der Waals surface area contributed by atoms with E-state index in [-0.39, 0.29) is 5.56 Å². The van der Waals surface area contributed by atoms with E-state index in [1.807, 2.05) is 66.7 Å². The molecule has 0 atom stereocenters. The number of aromatic nitrogens is 1. The first-order chi connectivity index (χ1) is 16.1. The van der Waals surface area contributed by atoms with Crippen molar-refractivity contribution in [3.05, 3.63) is 108 Å². The van der Waals surface area contributed by atoms with Gasteiger partial charge in [-0.2, -0.15) is 4.98 Å². The van der Waals surface area contributed by atoms with Crippen molar-refractivity contribution in [3.8, 4) is 28.6 Å². The van der Waals surface area contributed by atoms with Gasteiger partial charge in [-0.3, -0.25) is 0 Å². The van der Waals surface area contributed by atoms with Crippen LogP contribution < -0.4 is 14.2 Å². The van der Waals surface area contributed by atoms with Crippen molar-refractivity contribution in [3.63, 3.8) is 0 Å². The van der Waals surface area contributed by atoms with E-state index in [1.165, 1.54) is 13.2 Å². The topological polar surface area (TPSA) is 77.9 Å². The summed E-state index contributed by atoms with van der Waals surface area (Å²) in [6, 6.07) is 27.9. The summed E-state index contributed by atoms with van der Waals surface area (Å²) in [6.07, 6.45) is 0. The lowest BCUT2D eigenvalue weighted by molar-refractivity contribution is 0.0696. The Balaban J connectivity index is 1.67. The number of ether oxygens (including phenoxy) is 3. The van der Waals surface area contributed by atoms with E-state index in [2.05, 4.69) is 4.98 Å². The SMILES string of the molecule is COc1cc(C(=O)O)cc(-c2ccc(OCc3ccccc3)nc2OCc2ccccc2)c1. The minimum Gasteiger partial charge on any atom is -0.497 e. The summed E-state index contributed by atoms with van der Waals surface area (Å²) in [5.74, 6) is 0.141. The predicted octanol–water partition coefficient (Wildman–Crippen LogP) is 5.61. The summed E-state index contributed by atoms with van der Waals surface area (Å²) in [5, 5.41) is 9.50. The molecule has 0 unspecified atom stereocenters. The van der Waals surface area contributed by atoms with Crippen molar-refractivity contribution in [2.24, 2.45) is 0 Å². The molecule has 4 aromatic rings. The number of nitrogens with zero attached hydrogens (tertiary/aromatic N) is 1. The summed E-state index contributed by atoms with van der Waals surface area (Å²) >= 11 is 0. The number of benzene rings is 3. The van der Waals surface area contributed by atoms with E-state index in [1.54, 1.807) is 18.2 Å². The fourth-order valence-corrected chi connectivity index (χ4v) is 3.29. The summed E-state index contributed by atoms with van der Waals surface area (Å²) in [7, 11) is 1.50. The first kappa shape index (κ1) is 21.9. The van der Waals surface area contributed by atoms with Gasteiger partial charge in [0.1, 0.15) is 19.0 Å². The largest absolute Gasteiger partial charge is 0.497 e. The number of methoxy groups -OCH3 is 1. The Kier molecular flexibility index (Phi) is 6.85. The molecule has 1 heterocycles. The van der Waals surface area contributed by atoms with Crippen LogP contribution in [0, 0.1) is 0 Å². The lowest BCUT2D eigenvalue weighted by Crippen LogP contribution is -2.03. The maximum atomic E-state index is 11.6. The van der Waals surface area contributed by atoms with E-state index in [4.69, 9.17) is 14.2 Å². The molecule has 166 valence electrons. The molecule has 0 bridgehead atoms. The molecule has 0 saturated carbocycles. The highest BCUT2D eigenvalue weighted by Gasteiger charge is 2.15. The van der Waals surface area contributed by atoms with Gasteiger partial charge >= 0.3 is 5.97 Å². The minimum atomic E-state index is -1.04. The third kappa shape index (κ3) is 5.68. The second-order valence-corrected chi connectivity index (χ2v) is 7.31. The van der Waals surface area contributed by atoms with Gasteiger partial charge in [0.05, 0.1) is 12.7 Å². The van der Waals surface area contributed by atoms with Crippen LogP contribution in [0.15, 0.2) is 91.0 Å². The third-order valence-electron chi connectivity index (χ3n) is 4.98. The second-order valence-electron chi connectivity index (χ2n) is 7.31. The van der Waals surface area contributed by atoms with Crippen molar-refractivity contribution in [2.75, 3.05) is 7.11 Å². The molecule has 6 nitrogen and oxygen atoms in total. The summed E-state index contributed by atoms with van der Waals surface area (Å²) in [5.41, 5.74) is 3.38. The maximum absolute atomic E-state index is 11.6. The standard InChI is InChI=1S/C27H23NO5/c1-31-23-15-21(14-22(16-23)27(29)30)24-12-13-25(32-17-19-8-4-2-5-9-19)28-26(24)33-18-20-10-6-3-7-11-20/h2-16H,17-18H2,1H3,(H,29,30). The Morgan fingerprint density at radius 2 is 1.45 bits per heavy atom. The first-order valence-electron chi connectivity index (χ1n) is 10.4. The van der Waals surface area contributed by atoms with Gasteiger partial charge in [-0.25, -0.2) is 4.79 Å². The highest BCUT2D eigenvalue weighted by atomic mass is 16.5. The number of hydrogen-bond donors (Lipinski definition) is 1. The van der Waals surface area contributed by atoms with Crippen LogP contribution >= 0.6 is 0 Å². The molecule has 0 saturated heterocycles. The molecule has 6 heteroatoms. The van der Waals surface area contributed by atoms with Crippen LogP contribution in [-0.4, -0.2) is 23.2 Å². The smallest absolute Gasteiger partial charge is 0.335 e. The summed E-state index contributed by atoms with van der Waals surface area (Å²) in [6.45, 7) is 0.673. The zero-order valence-electron chi connectivity index (χ0n) is 18.1. The molecule has 33 heavy (non-hydrogen) atoms. The number of pyridine rings is 1. The average molecular weight is 441 g/mol. The van der Waals surface area contributed by atoms with Crippen LogP contribution in [0.3, 0.4) is 0 Å². The molecule has 3 aromatic carbocycles. The van der Waals surface area contributed by atoms with Crippen LogP contribution in [0.4, 0.5) is 0 Å². The zero-order valence-corrected chi connectivity index (χ0v) is 18.1. The van der Waals surface area contributed by atoms with Crippen LogP contribution in [0.1, 0.15) is 21.5 Å². The molecule has 0 aliphatic carbocycles. The van der Waals surface area contributed by atoms with Gasteiger partial charge in [0, 0.05) is 11.6 Å². The van der Waals surface area contributed by atoms with Gasteiger partial charge in [0.2, 0.25) is 11.8 Å². The van der Waals surface area contributed by atoms with Gasteiger partial charge < -0.3 is 19.3 Å². The number of carbonyl (C=O) groups is 1. The lowest BCUT2D eigenvalue weighted by Gasteiger charge is -2.14. The van der Waals surface area contributed by atoms with Crippen molar-refractivity contribution >= 4 is 5.97 Å². The van der Waals surface area contributed by atoms with Crippen molar-refractivity contribution < 1.29 is 24.1 Å². The minimum absolute atomic E-state index is 0.114. The van der Waals surface area contributed by atoms with Gasteiger partial charge in [-0.05, 0) is 41.0 Å². The molecule has 0 aliphatic heterocycles. The maximum Gasteiger partial charge on any atom is 0.335 e. The Labute approximate surface area is 192 Å². The molecule has 0 fully saturated rings. The molecule has 0 spiro atoms. The van der Waals surface area contributed by atoms with E-state index in [0.717, 1.165) is 11.1 Å². The summed E-state index contributed by atoms with van der Waals surface area (Å²) in [4.78, 5) is 16.2. The van der Waals surface area contributed by atoms with E-state index >= 15 is 0 Å². The lowest BCUT2D eigenvalue weighted by atomic mass is 10.0. The third-order valence-corrected chi connectivity index (χ3v) is 4.98. The number of carboxylic acid groups (broad SMARTS) is 1. The monoisotopic (exact) mass is 441 g/mol. The van der Waals surface area contributed by atoms with Gasteiger partial charge in [-0.1, -0.05) is 60.7 Å². The Hall–Kier alpha value is -4.32. The zero-order chi connectivity index (χ0) is 23.0. The van der Waals surface area contributed by atoms with Crippen LogP contribution in [-0.2, 0) is 13.2 Å². The van der Waals surface area contributed by atoms with E-state index < -0.39 is 5.97 Å². The van der Waals surface area contributed by atoms with Gasteiger partial charge in [0.25, 0.3) is 0 Å². The van der Waals surface area contributed by atoms with Crippen LogP contribution in [0.5, 0.6) is 17.5 Å². The molecule has 1 aromatic heterocycles. The molecule has 4 rings (SSSR count). The predicted molar refractivity (Wildman–Crippen MR) is 125 cm³/mol. The quantitative estimate of drug-likeness (QED) is 0.364. The van der Waals surface area contributed by atoms with Gasteiger partial charge in [-0.15, -0.1) is 0 Å². The normalized spacial score (nSPS) is 10.5. The fourth-order valence-electron chi connectivity index (χ4n) is 3.29. The van der Waals surface area contributed by atoms with E-state index in [0.29, 0.717) is 41.9 Å². The molecular formula is C27H23NO5. The molecule has 1 N–H and O–H groups in total. The molecule has 0 aliphatic rings. The number of hydrogen-bond acceptors (Lipinski definition) is 5. The molecule has 0 radical (unpaired) electrons. The van der Waals surface area contributed by atoms with Crippen LogP contribution in [0.2, 0.25) is 0 Å². The van der Waals surface area contributed by atoms with Crippen molar-refractivity contribution in [1.29, 1.82) is 0 Å². The van der Waals surface area contributed by atoms with E-state index in [9.17, 15) is 9.90 Å². The summed E-state index contributed by atoms with van der Waals surface area (Å²) < 4.78 is 17.2. The van der Waals surface area contributed by atoms with Crippen LogP contribution in [0.25, 0.3) is 11.1 Å². The van der Waals surface area contributed by atoms with Gasteiger partial charge in [0.15, 0.2) is 0 Å². The van der Waals surface area contributed by atoms with Crippen molar-refractivity contribution in [2.45, 2.75) is 13.2 Å². The fraction of sp³-hybridized carbons (Fsp3) is 0.111.